The van der Waals surface area contributed by atoms with Gasteiger partial charge in [0.2, 0.25) is 0 Å². The van der Waals surface area contributed by atoms with Gasteiger partial charge in [-0.1, -0.05) is 0 Å². The number of rotatable bonds is 4. The van der Waals surface area contributed by atoms with E-state index in [4.69, 9.17) is 4.74 Å². The van der Waals surface area contributed by atoms with Crippen molar-refractivity contribution in [2.75, 3.05) is 26.2 Å². The van der Waals surface area contributed by atoms with Crippen LogP contribution in [0.3, 0.4) is 0 Å². The lowest BCUT2D eigenvalue weighted by molar-refractivity contribution is -0.126. The number of ether oxygens (including phenoxy) is 1. The summed E-state index contributed by atoms with van der Waals surface area (Å²) in [6.07, 6.45) is -3.85. The lowest BCUT2D eigenvalue weighted by atomic mass is 10.2. The fraction of sp³-hybridized carbons (Fsp3) is 1.00. The van der Waals surface area contributed by atoms with E-state index in [0.29, 0.717) is 6.54 Å². The number of hydrogen-bond donors (Lipinski definition) is 1. The van der Waals surface area contributed by atoms with Gasteiger partial charge in [-0.3, -0.25) is 4.90 Å². The van der Waals surface area contributed by atoms with Crippen LogP contribution < -0.4 is 5.32 Å². The molecule has 0 bridgehead atoms. The Kier molecular flexibility index (Phi) is 5.22. The predicted octanol–water partition coefficient (Wildman–Crippen LogP) is 1.64. The maximum absolute atomic E-state index is 12.0. The highest BCUT2D eigenvalue weighted by molar-refractivity contribution is 4.79. The van der Waals surface area contributed by atoms with Crippen molar-refractivity contribution in [1.82, 2.24) is 10.2 Å². The van der Waals surface area contributed by atoms with Crippen LogP contribution in [0, 0.1) is 0 Å². The third kappa shape index (κ3) is 5.70. The first kappa shape index (κ1) is 14.7. The van der Waals surface area contributed by atoms with Gasteiger partial charge in [0.25, 0.3) is 0 Å². The van der Waals surface area contributed by atoms with Crippen LogP contribution in [0.25, 0.3) is 0 Å². The van der Waals surface area contributed by atoms with Gasteiger partial charge in [-0.15, -0.1) is 0 Å². The molecule has 1 aliphatic heterocycles. The van der Waals surface area contributed by atoms with Gasteiger partial charge < -0.3 is 10.1 Å². The highest BCUT2D eigenvalue weighted by Crippen LogP contribution is 2.14. The third-order valence-corrected chi connectivity index (χ3v) is 2.84. The third-order valence-electron chi connectivity index (χ3n) is 2.84. The van der Waals surface area contributed by atoms with Crippen LogP contribution in [0.4, 0.5) is 13.2 Å². The van der Waals surface area contributed by atoms with Gasteiger partial charge in [-0.2, -0.15) is 13.2 Å². The Morgan fingerprint density at radius 2 is 1.82 bits per heavy atom. The fourth-order valence-corrected chi connectivity index (χ4v) is 2.13. The zero-order valence-electron chi connectivity index (χ0n) is 10.5. The van der Waals surface area contributed by atoms with Crippen LogP contribution in [0.15, 0.2) is 0 Å². The smallest absolute Gasteiger partial charge is 0.373 e. The van der Waals surface area contributed by atoms with Crippen molar-refractivity contribution in [3.05, 3.63) is 0 Å². The van der Waals surface area contributed by atoms with Gasteiger partial charge >= 0.3 is 6.18 Å². The van der Waals surface area contributed by atoms with Crippen molar-refractivity contribution in [1.29, 1.82) is 0 Å². The molecular formula is C11H21F3N2O. The summed E-state index contributed by atoms with van der Waals surface area (Å²) >= 11 is 0. The van der Waals surface area contributed by atoms with E-state index in [-0.39, 0.29) is 18.2 Å². The zero-order valence-corrected chi connectivity index (χ0v) is 10.5. The Morgan fingerprint density at radius 1 is 1.29 bits per heavy atom. The van der Waals surface area contributed by atoms with Gasteiger partial charge in [0, 0.05) is 25.7 Å². The molecule has 3 nitrogen and oxygen atoms in total. The molecule has 1 aliphatic rings. The maximum atomic E-state index is 12.0. The van der Waals surface area contributed by atoms with Crippen LogP contribution in [0.5, 0.6) is 0 Å². The van der Waals surface area contributed by atoms with E-state index in [9.17, 15) is 13.2 Å². The van der Waals surface area contributed by atoms with Crippen LogP contribution in [-0.4, -0.2) is 55.5 Å². The number of halogens is 3. The van der Waals surface area contributed by atoms with E-state index in [1.807, 2.05) is 20.8 Å². The lowest BCUT2D eigenvalue weighted by Crippen LogP contribution is -2.52. The lowest BCUT2D eigenvalue weighted by Gasteiger charge is -2.39. The number of nitrogens with one attached hydrogen (secondary N) is 1. The normalized spacial score (nSPS) is 29.3. The average molecular weight is 254 g/mol. The molecule has 1 saturated heterocycles. The Hall–Kier alpha value is -0.330. The molecule has 1 fully saturated rings. The predicted molar refractivity (Wildman–Crippen MR) is 60.0 cm³/mol. The monoisotopic (exact) mass is 254 g/mol. The van der Waals surface area contributed by atoms with E-state index in [1.165, 1.54) is 0 Å². The Balaban J connectivity index is 2.29. The maximum Gasteiger partial charge on any atom is 0.401 e. The molecule has 0 aromatic heterocycles. The van der Waals surface area contributed by atoms with E-state index >= 15 is 0 Å². The Labute approximate surface area is 100 Å². The summed E-state index contributed by atoms with van der Waals surface area (Å²) < 4.78 is 41.5. The van der Waals surface area contributed by atoms with Gasteiger partial charge in [0.15, 0.2) is 0 Å². The number of nitrogens with zero attached hydrogens (tertiary/aromatic N) is 1. The topological polar surface area (TPSA) is 24.5 Å². The summed E-state index contributed by atoms with van der Waals surface area (Å²) in [5.41, 5.74) is 0. The van der Waals surface area contributed by atoms with Crippen LogP contribution in [-0.2, 0) is 4.74 Å². The molecule has 1 unspecified atom stereocenters. The first-order valence-corrected chi connectivity index (χ1v) is 5.95. The van der Waals surface area contributed by atoms with Crippen LogP contribution in [0.1, 0.15) is 20.8 Å². The van der Waals surface area contributed by atoms with E-state index < -0.39 is 12.7 Å². The van der Waals surface area contributed by atoms with Crippen molar-refractivity contribution >= 4 is 0 Å². The molecule has 0 aromatic carbocycles. The minimum Gasteiger partial charge on any atom is -0.373 e. The molecule has 6 heteroatoms. The highest BCUT2D eigenvalue weighted by atomic mass is 19.4. The van der Waals surface area contributed by atoms with E-state index in [2.05, 4.69) is 10.2 Å². The summed E-state index contributed by atoms with van der Waals surface area (Å²) in [5, 5.41) is 2.44. The van der Waals surface area contributed by atoms with E-state index in [0.717, 1.165) is 13.1 Å². The van der Waals surface area contributed by atoms with Gasteiger partial charge in [-0.25, -0.2) is 0 Å². The van der Waals surface area contributed by atoms with Crippen molar-refractivity contribution in [3.8, 4) is 0 Å². The van der Waals surface area contributed by atoms with Crippen molar-refractivity contribution < 1.29 is 17.9 Å². The summed E-state index contributed by atoms with van der Waals surface area (Å²) in [7, 11) is 0. The van der Waals surface area contributed by atoms with Gasteiger partial charge in [0.05, 0.1) is 18.8 Å². The molecule has 3 atom stereocenters. The summed E-state index contributed by atoms with van der Waals surface area (Å²) in [6.45, 7) is 6.88. The molecule has 17 heavy (non-hydrogen) atoms. The minimum absolute atomic E-state index is 0.0890. The molecule has 1 N–H and O–H groups in total. The largest absolute Gasteiger partial charge is 0.401 e. The van der Waals surface area contributed by atoms with E-state index in [1.54, 1.807) is 0 Å². The van der Waals surface area contributed by atoms with Gasteiger partial charge in [-0.05, 0) is 20.8 Å². The summed E-state index contributed by atoms with van der Waals surface area (Å²) in [5.74, 6) is 0. The Morgan fingerprint density at radius 3 is 2.29 bits per heavy atom. The highest BCUT2D eigenvalue weighted by Gasteiger charge is 2.28. The molecule has 0 radical (unpaired) electrons. The molecule has 0 spiro atoms. The minimum atomic E-state index is -4.13. The standard InChI is InChI=1S/C11H21F3N2O/c1-8(4-15-7-11(12,13)14)16-5-9(2)17-10(3)6-16/h8-10,15H,4-7H2,1-3H3/t8?,9-,10+. The summed E-state index contributed by atoms with van der Waals surface area (Å²) in [4.78, 5) is 2.17. The number of morpholine rings is 1. The van der Waals surface area contributed by atoms with Crippen LogP contribution in [0.2, 0.25) is 0 Å². The molecule has 0 amide bonds. The van der Waals surface area contributed by atoms with Crippen molar-refractivity contribution in [3.63, 3.8) is 0 Å². The second-order valence-electron chi connectivity index (χ2n) is 4.81. The van der Waals surface area contributed by atoms with Crippen molar-refractivity contribution in [2.24, 2.45) is 0 Å². The number of hydrogen-bond acceptors (Lipinski definition) is 3. The van der Waals surface area contributed by atoms with Crippen LogP contribution >= 0.6 is 0 Å². The second-order valence-corrected chi connectivity index (χ2v) is 4.81. The number of alkyl halides is 3. The average Bonchev–Trinajstić information content (AvgIpc) is 2.13. The molecule has 0 aliphatic carbocycles. The first-order chi connectivity index (χ1) is 7.78. The Bertz CT molecular complexity index is 225. The molecule has 0 saturated carbocycles. The SMILES string of the molecule is CC(CNCC(F)(F)F)N1C[C@@H](C)O[C@@H](C)C1. The first-order valence-electron chi connectivity index (χ1n) is 5.95. The summed E-state index contributed by atoms with van der Waals surface area (Å²) in [6, 6.07) is 0.0890. The fourth-order valence-electron chi connectivity index (χ4n) is 2.13. The quantitative estimate of drug-likeness (QED) is 0.825. The van der Waals surface area contributed by atoms with Gasteiger partial charge in [0.1, 0.15) is 0 Å². The molecule has 1 rings (SSSR count). The molecule has 102 valence electrons. The second kappa shape index (κ2) is 6.02. The molecular weight excluding hydrogens is 233 g/mol. The molecule has 1 heterocycles. The van der Waals surface area contributed by atoms with Crippen molar-refractivity contribution in [2.45, 2.75) is 45.2 Å². The zero-order chi connectivity index (χ0) is 13.1. The molecule has 0 aromatic rings.